The van der Waals surface area contributed by atoms with E-state index in [9.17, 15) is 4.79 Å². The first kappa shape index (κ1) is 16.5. The predicted octanol–water partition coefficient (Wildman–Crippen LogP) is 1.25. The first-order valence-corrected chi connectivity index (χ1v) is 7.23. The maximum atomic E-state index is 12.6. The number of carbonyl (C=O) groups excluding carboxylic acids is 1. The van der Waals surface area contributed by atoms with Crippen LogP contribution in [0.25, 0.3) is 0 Å². The molecule has 0 aliphatic carbocycles. The van der Waals surface area contributed by atoms with E-state index in [0.717, 1.165) is 12.8 Å². The Kier molecular flexibility index (Phi) is 6.00. The molecule has 0 aliphatic rings. The first-order valence-electron chi connectivity index (χ1n) is 6.82. The summed E-state index contributed by atoms with van der Waals surface area (Å²) < 4.78 is 0. The number of aromatic nitrogens is 4. The molecule has 1 aromatic heterocycles. The van der Waals surface area contributed by atoms with Gasteiger partial charge in [0.2, 0.25) is 5.91 Å². The van der Waals surface area contributed by atoms with Crippen molar-refractivity contribution in [2.24, 2.45) is 11.1 Å². The van der Waals surface area contributed by atoms with Crippen molar-refractivity contribution in [3.8, 4) is 0 Å². The maximum Gasteiger partial charge on any atom is 0.233 e. The second-order valence-electron chi connectivity index (χ2n) is 4.91. The van der Waals surface area contributed by atoms with Crippen LogP contribution in [0.1, 0.15) is 58.3 Å². The molecule has 1 unspecified atom stereocenters. The molecule has 1 heterocycles. The zero-order chi connectivity index (χ0) is 15.2. The highest BCUT2D eigenvalue weighted by atomic mass is 32.1. The Morgan fingerprint density at radius 3 is 2.45 bits per heavy atom. The Morgan fingerprint density at radius 1 is 1.45 bits per heavy atom. The third-order valence-corrected chi connectivity index (χ3v) is 3.75. The highest BCUT2D eigenvalue weighted by Gasteiger charge is 2.40. The summed E-state index contributed by atoms with van der Waals surface area (Å²) in [5, 5.41) is 16.5. The molecule has 0 saturated carbocycles. The van der Waals surface area contributed by atoms with Crippen molar-refractivity contribution < 1.29 is 4.79 Å². The SMILES string of the molecule is CCCC(CCC)(C(=O)NC(C)c1nn[nH]n1)C(N)=S. The molecule has 4 N–H and O–H groups in total. The monoisotopic (exact) mass is 298 g/mol. The van der Waals surface area contributed by atoms with Gasteiger partial charge in [-0.15, -0.1) is 10.2 Å². The van der Waals surface area contributed by atoms with Gasteiger partial charge in [-0.25, -0.2) is 0 Å². The molecule has 0 aliphatic heterocycles. The molecular weight excluding hydrogens is 276 g/mol. The highest BCUT2D eigenvalue weighted by molar-refractivity contribution is 7.80. The number of tetrazole rings is 1. The summed E-state index contributed by atoms with van der Waals surface area (Å²) in [5.74, 6) is 0.272. The van der Waals surface area contributed by atoms with Crippen molar-refractivity contribution in [3.63, 3.8) is 0 Å². The van der Waals surface area contributed by atoms with Gasteiger partial charge in [0.05, 0.1) is 16.4 Å². The fourth-order valence-corrected chi connectivity index (χ4v) is 2.61. The summed E-state index contributed by atoms with van der Waals surface area (Å²) in [7, 11) is 0. The minimum Gasteiger partial charge on any atom is -0.392 e. The van der Waals surface area contributed by atoms with E-state index in [1.807, 2.05) is 13.8 Å². The Hall–Kier alpha value is -1.57. The summed E-state index contributed by atoms with van der Waals surface area (Å²) in [4.78, 5) is 12.9. The van der Waals surface area contributed by atoms with Gasteiger partial charge in [0.25, 0.3) is 0 Å². The number of aromatic amines is 1. The number of carbonyl (C=O) groups is 1. The van der Waals surface area contributed by atoms with Crippen LogP contribution in [0.3, 0.4) is 0 Å². The average Bonchev–Trinajstić information content (AvgIpc) is 2.91. The van der Waals surface area contributed by atoms with Crippen LogP contribution >= 0.6 is 12.2 Å². The molecule has 8 heteroatoms. The molecule has 0 bridgehead atoms. The minimum absolute atomic E-state index is 0.161. The van der Waals surface area contributed by atoms with Gasteiger partial charge in [-0.1, -0.05) is 44.1 Å². The van der Waals surface area contributed by atoms with Gasteiger partial charge in [0.15, 0.2) is 5.82 Å². The number of nitrogens with zero attached hydrogens (tertiary/aromatic N) is 3. The molecule has 112 valence electrons. The van der Waals surface area contributed by atoms with E-state index in [4.69, 9.17) is 18.0 Å². The molecular formula is C12H22N6OS. The first-order chi connectivity index (χ1) is 9.47. The molecule has 1 aromatic rings. The van der Waals surface area contributed by atoms with Gasteiger partial charge in [-0.05, 0) is 19.8 Å². The fourth-order valence-electron chi connectivity index (χ4n) is 2.32. The third kappa shape index (κ3) is 3.50. The van der Waals surface area contributed by atoms with Crippen LogP contribution in [-0.2, 0) is 4.79 Å². The summed E-state index contributed by atoms with van der Waals surface area (Å²) in [6.45, 7) is 5.82. The molecule has 7 nitrogen and oxygen atoms in total. The number of hydrogen-bond acceptors (Lipinski definition) is 5. The molecule has 1 atom stereocenters. The second-order valence-corrected chi connectivity index (χ2v) is 5.35. The van der Waals surface area contributed by atoms with Crippen LogP contribution in [0.2, 0.25) is 0 Å². The molecule has 0 aromatic carbocycles. The number of rotatable bonds is 8. The van der Waals surface area contributed by atoms with Crippen molar-refractivity contribution >= 4 is 23.1 Å². The molecule has 0 saturated heterocycles. The number of thiocarbonyl (C=S) groups is 1. The molecule has 20 heavy (non-hydrogen) atoms. The Labute approximate surface area is 124 Å². The largest absolute Gasteiger partial charge is 0.392 e. The van der Waals surface area contributed by atoms with E-state index in [1.54, 1.807) is 6.92 Å². The zero-order valence-electron chi connectivity index (χ0n) is 12.1. The predicted molar refractivity (Wildman–Crippen MR) is 79.8 cm³/mol. The molecule has 0 fully saturated rings. The summed E-state index contributed by atoms with van der Waals surface area (Å²) in [6.07, 6.45) is 2.95. The van der Waals surface area contributed by atoms with Gasteiger partial charge >= 0.3 is 0 Å². The van der Waals surface area contributed by atoms with E-state index >= 15 is 0 Å². The van der Waals surface area contributed by atoms with Crippen molar-refractivity contribution in [2.75, 3.05) is 0 Å². The van der Waals surface area contributed by atoms with Crippen LogP contribution in [0.5, 0.6) is 0 Å². The Balaban J connectivity index is 2.90. The molecule has 1 amide bonds. The van der Waals surface area contributed by atoms with E-state index < -0.39 is 5.41 Å². The van der Waals surface area contributed by atoms with Gasteiger partial charge in [0, 0.05) is 0 Å². The highest BCUT2D eigenvalue weighted by Crippen LogP contribution is 2.31. The van der Waals surface area contributed by atoms with Gasteiger partial charge < -0.3 is 11.1 Å². The standard InChI is InChI=1S/C12H22N6OS/c1-4-6-12(7-5-2,10(13)20)11(19)14-8(3)9-15-17-18-16-9/h8H,4-7H2,1-3H3,(H2,13,20)(H,14,19)(H,15,16,17,18). The smallest absolute Gasteiger partial charge is 0.233 e. The Morgan fingerprint density at radius 2 is 2.05 bits per heavy atom. The second kappa shape index (κ2) is 7.28. The van der Waals surface area contributed by atoms with Gasteiger partial charge in [-0.2, -0.15) is 5.21 Å². The van der Waals surface area contributed by atoms with Gasteiger partial charge in [0.1, 0.15) is 0 Å². The Bertz CT molecular complexity index is 441. The number of nitrogens with one attached hydrogen (secondary N) is 2. The van der Waals surface area contributed by atoms with E-state index in [2.05, 4.69) is 25.9 Å². The van der Waals surface area contributed by atoms with Crippen LogP contribution < -0.4 is 11.1 Å². The van der Waals surface area contributed by atoms with Crippen LogP contribution in [0, 0.1) is 5.41 Å². The lowest BCUT2D eigenvalue weighted by Gasteiger charge is -2.31. The summed E-state index contributed by atoms with van der Waals surface area (Å²) in [5.41, 5.74) is 5.07. The molecule has 0 spiro atoms. The number of amides is 1. The molecule has 1 rings (SSSR count). The summed E-state index contributed by atoms with van der Waals surface area (Å²) >= 11 is 5.16. The topological polar surface area (TPSA) is 110 Å². The van der Waals surface area contributed by atoms with Crippen molar-refractivity contribution in [2.45, 2.75) is 52.5 Å². The van der Waals surface area contributed by atoms with Crippen molar-refractivity contribution in [1.29, 1.82) is 0 Å². The van der Waals surface area contributed by atoms with Gasteiger partial charge in [-0.3, -0.25) is 4.79 Å². The average molecular weight is 298 g/mol. The van der Waals surface area contributed by atoms with E-state index in [-0.39, 0.29) is 16.9 Å². The lowest BCUT2D eigenvalue weighted by Crippen LogP contribution is -2.49. The fraction of sp³-hybridized carbons (Fsp3) is 0.750. The minimum atomic E-state index is -0.795. The summed E-state index contributed by atoms with van der Waals surface area (Å²) in [6, 6.07) is -0.344. The van der Waals surface area contributed by atoms with Crippen molar-refractivity contribution in [1.82, 2.24) is 25.9 Å². The van der Waals surface area contributed by atoms with Crippen LogP contribution in [0.15, 0.2) is 0 Å². The van der Waals surface area contributed by atoms with E-state index in [1.165, 1.54) is 0 Å². The third-order valence-electron chi connectivity index (χ3n) is 3.36. The lowest BCUT2D eigenvalue weighted by atomic mass is 9.78. The van der Waals surface area contributed by atoms with Crippen molar-refractivity contribution in [3.05, 3.63) is 5.82 Å². The van der Waals surface area contributed by atoms with Crippen LogP contribution in [0.4, 0.5) is 0 Å². The number of hydrogen-bond donors (Lipinski definition) is 3. The molecule has 0 radical (unpaired) electrons. The normalized spacial score (nSPS) is 12.9. The zero-order valence-corrected chi connectivity index (χ0v) is 13.0. The number of nitrogens with two attached hydrogens (primary N) is 1. The number of H-pyrrole nitrogens is 1. The maximum absolute atomic E-state index is 12.6. The van der Waals surface area contributed by atoms with E-state index in [0.29, 0.717) is 18.7 Å². The lowest BCUT2D eigenvalue weighted by molar-refractivity contribution is -0.129. The van der Waals surface area contributed by atoms with Crippen LogP contribution in [-0.4, -0.2) is 31.5 Å². The quantitative estimate of drug-likeness (QED) is 0.623.